The Morgan fingerprint density at radius 1 is 0.839 bits per heavy atom. The lowest BCUT2D eigenvalue weighted by molar-refractivity contribution is -0.206. The second-order valence-corrected chi connectivity index (χ2v) is 9.59. The first-order chi connectivity index (χ1) is 15.3. The van der Waals surface area contributed by atoms with Crippen molar-refractivity contribution in [3.8, 4) is 5.75 Å². The molecule has 1 aromatic carbocycles. The second kappa shape index (κ2) is 14.0. The van der Waals surface area contributed by atoms with Gasteiger partial charge < -0.3 is 14.2 Å². The monoisotopic (exact) mass is 428 g/mol. The lowest BCUT2D eigenvalue weighted by Crippen LogP contribution is -2.27. The third-order valence-corrected chi connectivity index (χ3v) is 6.93. The highest BCUT2D eigenvalue weighted by molar-refractivity contribution is 5.28. The van der Waals surface area contributed by atoms with Gasteiger partial charge in [-0.25, -0.2) is 0 Å². The summed E-state index contributed by atoms with van der Waals surface area (Å²) < 4.78 is 17.9. The molecule has 0 N–H and O–H groups in total. The first-order valence-corrected chi connectivity index (χ1v) is 12.9. The Morgan fingerprint density at radius 2 is 1.58 bits per heavy atom. The molecule has 3 nitrogen and oxygen atoms in total. The predicted octanol–water partition coefficient (Wildman–Crippen LogP) is 7.86. The molecular formula is C28H44O3. The van der Waals surface area contributed by atoms with Gasteiger partial charge >= 0.3 is 0 Å². The van der Waals surface area contributed by atoms with Crippen LogP contribution in [0.5, 0.6) is 5.75 Å². The Hall–Kier alpha value is -1.32. The molecule has 0 amide bonds. The van der Waals surface area contributed by atoms with Crippen molar-refractivity contribution in [1.29, 1.82) is 0 Å². The molecule has 0 spiro atoms. The van der Waals surface area contributed by atoms with Crippen molar-refractivity contribution in [2.45, 2.75) is 90.8 Å². The van der Waals surface area contributed by atoms with Crippen molar-refractivity contribution in [2.24, 2.45) is 17.8 Å². The van der Waals surface area contributed by atoms with E-state index in [1.54, 1.807) is 0 Å². The summed E-state index contributed by atoms with van der Waals surface area (Å²) in [6.07, 6.45) is 19.0. The highest BCUT2D eigenvalue weighted by Gasteiger charge is 2.23. The minimum absolute atomic E-state index is 0.233. The summed E-state index contributed by atoms with van der Waals surface area (Å²) in [7, 11) is 0. The molecule has 0 atom stereocenters. The van der Waals surface area contributed by atoms with Crippen LogP contribution in [0.25, 0.3) is 0 Å². The summed E-state index contributed by atoms with van der Waals surface area (Å²) in [5.41, 5.74) is 1.08. The van der Waals surface area contributed by atoms with Crippen LogP contribution in [0, 0.1) is 17.8 Å². The largest absolute Gasteiger partial charge is 0.490 e. The van der Waals surface area contributed by atoms with Gasteiger partial charge in [0, 0.05) is 11.5 Å². The van der Waals surface area contributed by atoms with E-state index in [-0.39, 0.29) is 6.29 Å². The van der Waals surface area contributed by atoms with Crippen molar-refractivity contribution in [2.75, 3.05) is 19.8 Å². The van der Waals surface area contributed by atoms with Crippen LogP contribution >= 0.6 is 0 Å². The molecule has 3 heteroatoms. The Balaban J connectivity index is 1.32. The highest BCUT2D eigenvalue weighted by Crippen LogP contribution is 2.32. The molecule has 2 aliphatic rings. The summed E-state index contributed by atoms with van der Waals surface area (Å²) in [5, 5.41) is 0. The molecule has 174 valence electrons. The highest BCUT2D eigenvalue weighted by atomic mass is 16.7. The molecule has 1 saturated carbocycles. The lowest BCUT2D eigenvalue weighted by atomic mass is 9.80. The third kappa shape index (κ3) is 8.61. The van der Waals surface area contributed by atoms with Crippen LogP contribution in [-0.4, -0.2) is 19.8 Å². The van der Waals surface area contributed by atoms with E-state index in [9.17, 15) is 0 Å². The van der Waals surface area contributed by atoms with Crippen LogP contribution in [-0.2, 0) is 9.47 Å². The van der Waals surface area contributed by atoms with E-state index < -0.39 is 0 Å². The first-order valence-electron chi connectivity index (χ1n) is 12.9. The zero-order chi connectivity index (χ0) is 21.7. The van der Waals surface area contributed by atoms with Crippen LogP contribution in [0.3, 0.4) is 0 Å². The van der Waals surface area contributed by atoms with Crippen LogP contribution in [0.15, 0.2) is 36.4 Å². The number of allylic oxidation sites excluding steroid dienone is 1. The van der Waals surface area contributed by atoms with Gasteiger partial charge in [0.05, 0.1) is 13.2 Å². The molecular weight excluding hydrogens is 384 g/mol. The summed E-state index contributed by atoms with van der Waals surface area (Å²) in [6.45, 7) is 6.81. The number of benzene rings is 1. The fourth-order valence-electron chi connectivity index (χ4n) is 4.95. The van der Waals surface area contributed by atoms with Crippen LogP contribution in [0.1, 0.15) is 96.3 Å². The Kier molecular flexibility index (Phi) is 11.0. The molecule has 3 rings (SSSR count). The normalized spacial score (nSPS) is 26.9. The van der Waals surface area contributed by atoms with Gasteiger partial charge in [-0.05, 0) is 56.1 Å². The van der Waals surface area contributed by atoms with Gasteiger partial charge in [0.2, 0.25) is 0 Å². The smallest absolute Gasteiger partial charge is 0.183 e. The molecule has 1 saturated heterocycles. The minimum Gasteiger partial charge on any atom is -0.490 e. The standard InChI is InChI=1S/C28H44O3/c1-3-5-6-7-10-25-21-30-28(31-22-25)26-16-18-27(19-17-26)29-20-8-11-24-14-12-23(9-4-2)13-15-24/h8,11,16-19,23-25,28H,3-7,9-10,12-15,20-22H2,1-2H3/b11-8+/t23-,24-,25-,28-. The lowest BCUT2D eigenvalue weighted by Gasteiger charge is -2.29. The molecule has 1 heterocycles. The summed E-state index contributed by atoms with van der Waals surface area (Å²) in [5.74, 6) is 3.17. The van der Waals surface area contributed by atoms with E-state index in [4.69, 9.17) is 14.2 Å². The van der Waals surface area contributed by atoms with Crippen molar-refractivity contribution >= 4 is 0 Å². The maximum atomic E-state index is 5.99. The summed E-state index contributed by atoms with van der Waals surface area (Å²) in [6, 6.07) is 8.20. The van der Waals surface area contributed by atoms with E-state index in [2.05, 4.69) is 38.1 Å². The molecule has 0 bridgehead atoms. The van der Waals surface area contributed by atoms with Gasteiger partial charge in [0.1, 0.15) is 12.4 Å². The Labute approximate surface area is 190 Å². The van der Waals surface area contributed by atoms with Gasteiger partial charge in [-0.2, -0.15) is 0 Å². The van der Waals surface area contributed by atoms with E-state index in [0.29, 0.717) is 12.5 Å². The molecule has 1 aromatic rings. The maximum absolute atomic E-state index is 5.99. The van der Waals surface area contributed by atoms with Crippen molar-refractivity contribution in [3.05, 3.63) is 42.0 Å². The molecule has 0 unspecified atom stereocenters. The zero-order valence-electron chi connectivity index (χ0n) is 19.9. The molecule has 0 aromatic heterocycles. The topological polar surface area (TPSA) is 27.7 Å². The summed E-state index contributed by atoms with van der Waals surface area (Å²) >= 11 is 0. The van der Waals surface area contributed by atoms with Gasteiger partial charge in [-0.3, -0.25) is 0 Å². The number of ether oxygens (including phenoxy) is 3. The average molecular weight is 429 g/mol. The number of rotatable bonds is 12. The van der Waals surface area contributed by atoms with Gasteiger partial charge in [0.25, 0.3) is 0 Å². The fourth-order valence-corrected chi connectivity index (χ4v) is 4.95. The molecule has 0 radical (unpaired) electrons. The first kappa shape index (κ1) is 24.3. The van der Waals surface area contributed by atoms with Gasteiger partial charge in [0.15, 0.2) is 6.29 Å². The number of unbranched alkanes of at least 4 members (excludes halogenated alkanes) is 3. The van der Waals surface area contributed by atoms with Crippen molar-refractivity contribution < 1.29 is 14.2 Å². The van der Waals surface area contributed by atoms with E-state index in [1.165, 1.54) is 70.6 Å². The molecule has 2 fully saturated rings. The third-order valence-electron chi connectivity index (χ3n) is 6.93. The zero-order valence-corrected chi connectivity index (χ0v) is 19.9. The van der Waals surface area contributed by atoms with Gasteiger partial charge in [-0.1, -0.05) is 76.7 Å². The SMILES string of the molecule is CCCCCC[C@H]1CO[C@H](c2ccc(OC/C=C/[C@H]3CC[C@H](CCC)CC3)cc2)OC1. The number of hydrogen-bond acceptors (Lipinski definition) is 3. The second-order valence-electron chi connectivity index (χ2n) is 9.59. The molecule has 31 heavy (non-hydrogen) atoms. The Morgan fingerprint density at radius 3 is 2.26 bits per heavy atom. The van der Waals surface area contributed by atoms with Crippen LogP contribution in [0.2, 0.25) is 0 Å². The maximum Gasteiger partial charge on any atom is 0.183 e. The van der Waals surface area contributed by atoms with E-state index in [1.807, 2.05) is 12.1 Å². The van der Waals surface area contributed by atoms with Crippen LogP contribution in [0.4, 0.5) is 0 Å². The molecule has 1 aliphatic carbocycles. The van der Waals surface area contributed by atoms with E-state index >= 15 is 0 Å². The predicted molar refractivity (Wildman–Crippen MR) is 128 cm³/mol. The number of hydrogen-bond donors (Lipinski definition) is 0. The van der Waals surface area contributed by atoms with Crippen LogP contribution < -0.4 is 4.74 Å². The minimum atomic E-state index is -0.233. The van der Waals surface area contributed by atoms with Crippen molar-refractivity contribution in [1.82, 2.24) is 0 Å². The van der Waals surface area contributed by atoms with E-state index in [0.717, 1.165) is 36.4 Å². The Bertz CT molecular complexity index is 608. The quantitative estimate of drug-likeness (QED) is 0.250. The average Bonchev–Trinajstić information content (AvgIpc) is 2.82. The molecule has 1 aliphatic heterocycles. The summed E-state index contributed by atoms with van der Waals surface area (Å²) in [4.78, 5) is 0. The van der Waals surface area contributed by atoms with Crippen molar-refractivity contribution in [3.63, 3.8) is 0 Å². The fraction of sp³-hybridized carbons (Fsp3) is 0.714. The van der Waals surface area contributed by atoms with Gasteiger partial charge in [-0.15, -0.1) is 0 Å².